The molecule has 19 heavy (non-hydrogen) atoms. The third-order valence-electron chi connectivity index (χ3n) is 2.61. The Morgan fingerprint density at radius 1 is 1.21 bits per heavy atom. The highest BCUT2D eigenvalue weighted by molar-refractivity contribution is 5.37. The number of hydrogen-bond acceptors (Lipinski definition) is 4. The number of halogens is 1. The topological polar surface area (TPSA) is 69.7 Å². The van der Waals surface area contributed by atoms with Crippen LogP contribution in [0.4, 0.5) is 4.39 Å². The van der Waals surface area contributed by atoms with Gasteiger partial charge in [0.1, 0.15) is 5.82 Å². The summed E-state index contributed by atoms with van der Waals surface area (Å²) in [6.45, 7) is 1.33. The van der Waals surface area contributed by atoms with Gasteiger partial charge in [0, 0.05) is 30.8 Å². The lowest BCUT2D eigenvalue weighted by Gasteiger charge is -2.20. The van der Waals surface area contributed by atoms with Crippen molar-refractivity contribution >= 4 is 0 Å². The Bertz CT molecular complexity index is 448. The van der Waals surface area contributed by atoms with Crippen LogP contribution in [0, 0.1) is 17.7 Å². The second-order valence-electron chi connectivity index (χ2n) is 4.04. The first kappa shape index (κ1) is 15.6. The molecule has 0 spiro atoms. The summed E-state index contributed by atoms with van der Waals surface area (Å²) >= 11 is 0. The number of nitrogens with two attached hydrogens (primary N) is 1. The largest absolute Gasteiger partial charge is 0.395 e. The summed E-state index contributed by atoms with van der Waals surface area (Å²) in [4.78, 5) is 1.78. The highest BCUT2D eigenvalue weighted by Crippen LogP contribution is 2.12. The van der Waals surface area contributed by atoms with E-state index >= 15 is 0 Å². The van der Waals surface area contributed by atoms with Crippen LogP contribution in [0.2, 0.25) is 0 Å². The molecule has 0 aliphatic rings. The van der Waals surface area contributed by atoms with Crippen molar-refractivity contribution in [1.82, 2.24) is 4.90 Å². The first-order chi connectivity index (χ1) is 9.21. The smallest absolute Gasteiger partial charge is 0.128 e. The first-order valence-corrected chi connectivity index (χ1v) is 6.12. The summed E-state index contributed by atoms with van der Waals surface area (Å²) < 4.78 is 13.9. The molecule has 0 saturated carbocycles. The summed E-state index contributed by atoms with van der Waals surface area (Å²) in [7, 11) is 0. The van der Waals surface area contributed by atoms with Gasteiger partial charge in [0.15, 0.2) is 0 Å². The minimum Gasteiger partial charge on any atom is -0.395 e. The molecule has 0 aliphatic carbocycles. The molecule has 0 saturated heterocycles. The Morgan fingerprint density at radius 2 is 1.89 bits per heavy atom. The van der Waals surface area contributed by atoms with Crippen molar-refractivity contribution in [2.45, 2.75) is 6.54 Å². The van der Waals surface area contributed by atoms with Gasteiger partial charge in [-0.05, 0) is 12.1 Å². The quantitative estimate of drug-likeness (QED) is 0.630. The molecule has 0 aliphatic heterocycles. The molecule has 1 aromatic rings. The normalized spacial score (nSPS) is 10.4. The zero-order chi connectivity index (χ0) is 14.1. The molecule has 0 unspecified atom stereocenters. The Balaban J connectivity index is 2.77. The fourth-order valence-corrected chi connectivity index (χ4v) is 1.70. The summed E-state index contributed by atoms with van der Waals surface area (Å²) in [6.07, 6.45) is 0. The lowest BCUT2D eigenvalue weighted by atomic mass is 10.1. The van der Waals surface area contributed by atoms with Crippen LogP contribution < -0.4 is 5.73 Å². The first-order valence-electron chi connectivity index (χ1n) is 6.12. The van der Waals surface area contributed by atoms with Crippen LogP contribution >= 0.6 is 0 Å². The lowest BCUT2D eigenvalue weighted by Crippen LogP contribution is -2.29. The summed E-state index contributed by atoms with van der Waals surface area (Å²) in [6, 6.07) is 4.77. The number of aliphatic hydroxyl groups excluding tert-OH is 2. The van der Waals surface area contributed by atoms with Gasteiger partial charge in [-0.15, -0.1) is 0 Å². The van der Waals surface area contributed by atoms with Crippen molar-refractivity contribution in [3.8, 4) is 11.8 Å². The minimum atomic E-state index is -0.343. The Kier molecular flexibility index (Phi) is 7.08. The molecular weight excluding hydrogens is 247 g/mol. The van der Waals surface area contributed by atoms with Gasteiger partial charge in [-0.1, -0.05) is 17.9 Å². The molecule has 0 fully saturated rings. The number of rotatable bonds is 6. The van der Waals surface area contributed by atoms with Crippen molar-refractivity contribution in [3.05, 3.63) is 35.1 Å². The molecule has 0 amide bonds. The fraction of sp³-hybridized carbons (Fsp3) is 0.429. The molecule has 0 atom stereocenters. The summed E-state index contributed by atoms with van der Waals surface area (Å²) in [5.41, 5.74) is 6.36. The van der Waals surface area contributed by atoms with E-state index in [2.05, 4.69) is 11.8 Å². The fourth-order valence-electron chi connectivity index (χ4n) is 1.70. The highest BCUT2D eigenvalue weighted by atomic mass is 19.1. The molecular formula is C14H19FN2O2. The van der Waals surface area contributed by atoms with Crippen LogP contribution in [0.5, 0.6) is 0 Å². The van der Waals surface area contributed by atoms with Gasteiger partial charge in [0.25, 0.3) is 0 Å². The second kappa shape index (κ2) is 8.62. The molecule has 0 heterocycles. The number of hydrogen-bond donors (Lipinski definition) is 3. The SMILES string of the molecule is NCC#Cc1ccc(CN(CCO)CCO)c(F)c1. The Hall–Kier alpha value is -1.45. The molecule has 104 valence electrons. The van der Waals surface area contributed by atoms with Gasteiger partial charge in [0.2, 0.25) is 0 Å². The van der Waals surface area contributed by atoms with Gasteiger partial charge in [0.05, 0.1) is 19.8 Å². The van der Waals surface area contributed by atoms with Crippen molar-refractivity contribution in [2.75, 3.05) is 32.8 Å². The molecule has 0 bridgehead atoms. The maximum absolute atomic E-state index is 13.9. The van der Waals surface area contributed by atoms with E-state index in [0.29, 0.717) is 30.8 Å². The molecule has 4 N–H and O–H groups in total. The van der Waals surface area contributed by atoms with E-state index in [4.69, 9.17) is 15.9 Å². The molecule has 4 nitrogen and oxygen atoms in total. The van der Waals surface area contributed by atoms with E-state index in [9.17, 15) is 4.39 Å². The predicted molar refractivity (Wildman–Crippen MR) is 71.8 cm³/mol. The number of benzene rings is 1. The average Bonchev–Trinajstić information content (AvgIpc) is 2.39. The maximum atomic E-state index is 13.9. The van der Waals surface area contributed by atoms with E-state index in [1.807, 2.05) is 0 Å². The van der Waals surface area contributed by atoms with Gasteiger partial charge in [-0.2, -0.15) is 0 Å². The van der Waals surface area contributed by atoms with Crippen molar-refractivity contribution in [1.29, 1.82) is 0 Å². The summed E-state index contributed by atoms with van der Waals surface area (Å²) in [5.74, 6) is 5.09. The molecule has 0 radical (unpaired) electrons. The molecule has 5 heteroatoms. The predicted octanol–water partition coefficient (Wildman–Crippen LogP) is -0.0775. The van der Waals surface area contributed by atoms with Crippen LogP contribution in [0.15, 0.2) is 18.2 Å². The standard InChI is InChI=1S/C14H19FN2O2/c15-14-10-12(2-1-5-16)3-4-13(14)11-17(6-8-18)7-9-19/h3-4,10,18-19H,5-9,11,16H2. The van der Waals surface area contributed by atoms with Crippen molar-refractivity contribution in [3.63, 3.8) is 0 Å². The average molecular weight is 266 g/mol. The second-order valence-corrected chi connectivity index (χ2v) is 4.04. The Labute approximate surface area is 112 Å². The zero-order valence-corrected chi connectivity index (χ0v) is 10.8. The van der Waals surface area contributed by atoms with Gasteiger partial charge in [-0.3, -0.25) is 4.90 Å². The molecule has 1 rings (SSSR count). The van der Waals surface area contributed by atoms with E-state index in [0.717, 1.165) is 0 Å². The molecule has 1 aromatic carbocycles. The summed E-state index contributed by atoms with van der Waals surface area (Å²) in [5, 5.41) is 17.8. The van der Waals surface area contributed by atoms with E-state index in [-0.39, 0.29) is 25.6 Å². The van der Waals surface area contributed by atoms with Crippen LogP contribution in [0.25, 0.3) is 0 Å². The maximum Gasteiger partial charge on any atom is 0.128 e. The van der Waals surface area contributed by atoms with Crippen LogP contribution in [0.1, 0.15) is 11.1 Å². The van der Waals surface area contributed by atoms with Crippen molar-refractivity contribution in [2.24, 2.45) is 5.73 Å². The number of aliphatic hydroxyl groups is 2. The van der Waals surface area contributed by atoms with Gasteiger partial charge < -0.3 is 15.9 Å². The third-order valence-corrected chi connectivity index (χ3v) is 2.61. The van der Waals surface area contributed by atoms with Gasteiger partial charge >= 0.3 is 0 Å². The Morgan fingerprint density at radius 3 is 2.42 bits per heavy atom. The van der Waals surface area contributed by atoms with Crippen LogP contribution in [0.3, 0.4) is 0 Å². The van der Waals surface area contributed by atoms with E-state index < -0.39 is 0 Å². The van der Waals surface area contributed by atoms with E-state index in [1.165, 1.54) is 6.07 Å². The third kappa shape index (κ3) is 5.37. The van der Waals surface area contributed by atoms with Crippen molar-refractivity contribution < 1.29 is 14.6 Å². The monoisotopic (exact) mass is 266 g/mol. The van der Waals surface area contributed by atoms with E-state index in [1.54, 1.807) is 17.0 Å². The molecule has 0 aromatic heterocycles. The zero-order valence-electron chi connectivity index (χ0n) is 10.8. The number of nitrogens with zero attached hydrogens (tertiary/aromatic N) is 1. The lowest BCUT2D eigenvalue weighted by molar-refractivity contribution is 0.154. The highest BCUT2D eigenvalue weighted by Gasteiger charge is 2.09. The minimum absolute atomic E-state index is 0.0261. The van der Waals surface area contributed by atoms with Gasteiger partial charge in [-0.25, -0.2) is 4.39 Å². The van der Waals surface area contributed by atoms with Crippen LogP contribution in [-0.4, -0.2) is 48.0 Å². The van der Waals surface area contributed by atoms with Crippen LogP contribution in [-0.2, 0) is 6.54 Å².